The van der Waals surface area contributed by atoms with E-state index in [1.165, 1.54) is 6.92 Å². The van der Waals surface area contributed by atoms with Crippen molar-refractivity contribution in [2.75, 3.05) is 6.54 Å². The molecule has 1 saturated carbocycles. The van der Waals surface area contributed by atoms with E-state index in [4.69, 9.17) is 4.74 Å². The standard InChI is InChI=1S/C14H24NO4/c1-11(17)15(9-10-16,12-7-5-6-8-12)13(18)19-14(2,3)4/h10,12H,5-9H2,1-4H3/q+1. The van der Waals surface area contributed by atoms with Crippen LogP contribution in [0.4, 0.5) is 4.79 Å². The van der Waals surface area contributed by atoms with Gasteiger partial charge in [-0.2, -0.15) is 9.28 Å². The fourth-order valence-electron chi connectivity index (χ4n) is 2.69. The molecular formula is C14H24NO4+. The molecule has 0 aromatic rings. The summed E-state index contributed by atoms with van der Waals surface area (Å²) >= 11 is 0. The number of hydrogen-bond donors (Lipinski definition) is 0. The maximum Gasteiger partial charge on any atom is 0.524 e. The van der Waals surface area contributed by atoms with Gasteiger partial charge in [0.1, 0.15) is 11.6 Å². The Morgan fingerprint density at radius 2 is 1.79 bits per heavy atom. The van der Waals surface area contributed by atoms with Gasteiger partial charge >= 0.3 is 12.0 Å². The van der Waals surface area contributed by atoms with Gasteiger partial charge in [-0.1, -0.05) is 0 Å². The van der Waals surface area contributed by atoms with Crippen molar-refractivity contribution in [1.29, 1.82) is 0 Å². The number of hydrogen-bond acceptors (Lipinski definition) is 4. The van der Waals surface area contributed by atoms with Gasteiger partial charge in [-0.3, -0.25) is 4.79 Å². The average molecular weight is 270 g/mol. The quantitative estimate of drug-likeness (QED) is 0.583. The number of nitrogens with zero attached hydrogens (tertiary/aromatic N) is 1. The second-order valence-electron chi connectivity index (χ2n) is 6.16. The molecule has 0 radical (unpaired) electrons. The number of aldehydes is 1. The highest BCUT2D eigenvalue weighted by atomic mass is 16.6. The Labute approximate surface area is 114 Å². The molecule has 0 saturated heterocycles. The topological polar surface area (TPSA) is 60.4 Å². The molecule has 0 aromatic heterocycles. The summed E-state index contributed by atoms with van der Waals surface area (Å²) in [5.41, 5.74) is -0.669. The van der Waals surface area contributed by atoms with E-state index in [2.05, 4.69) is 0 Å². The Bertz CT molecular complexity index is 366. The van der Waals surface area contributed by atoms with Gasteiger partial charge in [0.25, 0.3) is 0 Å². The molecule has 5 nitrogen and oxygen atoms in total. The lowest BCUT2D eigenvalue weighted by Gasteiger charge is -2.36. The molecule has 0 heterocycles. The molecule has 0 bridgehead atoms. The fraction of sp³-hybridized carbons (Fsp3) is 0.786. The number of amides is 2. The van der Waals surface area contributed by atoms with Gasteiger partial charge in [0.2, 0.25) is 0 Å². The van der Waals surface area contributed by atoms with E-state index in [0.717, 1.165) is 25.7 Å². The van der Waals surface area contributed by atoms with Crippen LogP contribution >= 0.6 is 0 Å². The van der Waals surface area contributed by atoms with Crippen molar-refractivity contribution < 1.29 is 23.6 Å². The minimum atomic E-state index is -0.669. The van der Waals surface area contributed by atoms with Crippen molar-refractivity contribution in [3.05, 3.63) is 0 Å². The smallest absolute Gasteiger partial charge is 0.414 e. The molecule has 1 rings (SSSR count). The summed E-state index contributed by atoms with van der Waals surface area (Å²) in [6, 6.07) is -0.127. The summed E-state index contributed by atoms with van der Waals surface area (Å²) in [6.07, 6.45) is 3.58. The normalized spacial score (nSPS) is 19.8. The molecule has 1 unspecified atom stereocenters. The molecule has 2 amide bonds. The van der Waals surface area contributed by atoms with Crippen LogP contribution < -0.4 is 0 Å². The highest BCUT2D eigenvalue weighted by molar-refractivity contribution is 5.81. The second-order valence-corrected chi connectivity index (χ2v) is 6.16. The number of carbonyl (C=O) groups excluding carboxylic acids is 3. The van der Waals surface area contributed by atoms with E-state index in [0.29, 0.717) is 6.29 Å². The van der Waals surface area contributed by atoms with Gasteiger partial charge in [0.15, 0.2) is 12.8 Å². The Kier molecular flexibility index (Phi) is 4.85. The number of quaternary nitrogens is 1. The Morgan fingerprint density at radius 3 is 2.16 bits per heavy atom. The molecule has 0 aliphatic heterocycles. The van der Waals surface area contributed by atoms with E-state index in [1.54, 1.807) is 20.8 Å². The molecule has 0 spiro atoms. The van der Waals surface area contributed by atoms with Gasteiger partial charge in [-0.25, -0.2) is 4.79 Å². The Balaban J connectivity index is 3.11. The van der Waals surface area contributed by atoms with Crippen molar-refractivity contribution >= 4 is 18.3 Å². The van der Waals surface area contributed by atoms with Crippen LogP contribution in [0.1, 0.15) is 53.4 Å². The maximum absolute atomic E-state index is 12.5. The largest absolute Gasteiger partial charge is 0.524 e. The zero-order valence-electron chi connectivity index (χ0n) is 12.3. The van der Waals surface area contributed by atoms with Crippen molar-refractivity contribution in [3.63, 3.8) is 0 Å². The van der Waals surface area contributed by atoms with Crippen LogP contribution in [0.3, 0.4) is 0 Å². The summed E-state index contributed by atoms with van der Waals surface area (Å²) in [6.45, 7) is 6.51. The van der Waals surface area contributed by atoms with E-state index < -0.39 is 16.2 Å². The molecular weight excluding hydrogens is 246 g/mol. The van der Waals surface area contributed by atoms with E-state index in [-0.39, 0.29) is 18.5 Å². The lowest BCUT2D eigenvalue weighted by molar-refractivity contribution is -0.800. The van der Waals surface area contributed by atoms with Crippen LogP contribution in [0.15, 0.2) is 0 Å². The number of imide groups is 1. The highest BCUT2D eigenvalue weighted by Gasteiger charge is 2.52. The number of ether oxygens (including phenoxy) is 1. The van der Waals surface area contributed by atoms with Crippen LogP contribution in [0.5, 0.6) is 0 Å². The monoisotopic (exact) mass is 270 g/mol. The third-order valence-electron chi connectivity index (χ3n) is 3.59. The summed E-state index contributed by atoms with van der Waals surface area (Å²) in [5, 5.41) is 0. The van der Waals surface area contributed by atoms with Gasteiger partial charge in [-0.05, 0) is 33.6 Å². The first-order valence-corrected chi connectivity index (χ1v) is 6.80. The summed E-state index contributed by atoms with van der Waals surface area (Å²) in [5.74, 6) is -0.312. The zero-order valence-corrected chi connectivity index (χ0v) is 12.3. The van der Waals surface area contributed by atoms with Gasteiger partial charge in [-0.15, -0.1) is 0 Å². The first kappa shape index (κ1) is 15.8. The van der Waals surface area contributed by atoms with Gasteiger partial charge in [0, 0.05) is 12.8 Å². The first-order valence-electron chi connectivity index (χ1n) is 6.80. The lowest BCUT2D eigenvalue weighted by Crippen LogP contribution is -2.63. The minimum Gasteiger partial charge on any atom is -0.414 e. The molecule has 1 fully saturated rings. The maximum atomic E-state index is 12.5. The SMILES string of the molecule is CC(=O)[N+](CC=O)(C(=O)OC(C)(C)C)C1CCCC1. The highest BCUT2D eigenvalue weighted by Crippen LogP contribution is 2.31. The zero-order chi connectivity index (χ0) is 14.7. The van der Waals surface area contributed by atoms with E-state index in [9.17, 15) is 14.4 Å². The third-order valence-corrected chi connectivity index (χ3v) is 3.59. The van der Waals surface area contributed by atoms with Crippen molar-refractivity contribution in [2.24, 2.45) is 0 Å². The Morgan fingerprint density at radius 1 is 1.26 bits per heavy atom. The van der Waals surface area contributed by atoms with Crippen molar-refractivity contribution in [2.45, 2.75) is 65.0 Å². The third kappa shape index (κ3) is 3.41. The predicted octanol–water partition coefficient (Wildman–Crippen LogP) is 2.43. The van der Waals surface area contributed by atoms with Gasteiger partial charge < -0.3 is 4.74 Å². The lowest BCUT2D eigenvalue weighted by atomic mass is 10.1. The summed E-state index contributed by atoms with van der Waals surface area (Å²) < 4.78 is 4.90. The molecule has 1 aliphatic carbocycles. The van der Waals surface area contributed by atoms with Crippen molar-refractivity contribution in [3.8, 4) is 0 Å². The predicted molar refractivity (Wildman–Crippen MR) is 70.4 cm³/mol. The minimum absolute atomic E-state index is 0.127. The first-order chi connectivity index (χ1) is 8.74. The van der Waals surface area contributed by atoms with Crippen LogP contribution in [-0.2, 0) is 14.3 Å². The second kappa shape index (κ2) is 5.82. The summed E-state index contributed by atoms with van der Waals surface area (Å²) in [7, 11) is 0. The molecule has 19 heavy (non-hydrogen) atoms. The number of carbonyl (C=O) groups is 3. The molecule has 108 valence electrons. The van der Waals surface area contributed by atoms with Gasteiger partial charge in [0.05, 0.1) is 6.92 Å². The molecule has 1 aliphatic rings. The average Bonchev–Trinajstić information content (AvgIpc) is 2.76. The molecule has 1 atom stereocenters. The fourth-order valence-corrected chi connectivity index (χ4v) is 2.69. The molecule has 0 aromatic carbocycles. The molecule has 5 heteroatoms. The van der Waals surface area contributed by atoms with Crippen LogP contribution in [0, 0.1) is 0 Å². The summed E-state index contributed by atoms with van der Waals surface area (Å²) in [4.78, 5) is 35.5. The van der Waals surface area contributed by atoms with Crippen molar-refractivity contribution in [1.82, 2.24) is 0 Å². The number of rotatable bonds is 3. The van der Waals surface area contributed by atoms with Crippen LogP contribution in [-0.4, -0.2) is 41.0 Å². The Hall–Kier alpha value is -1.23. The van der Waals surface area contributed by atoms with E-state index >= 15 is 0 Å². The van der Waals surface area contributed by atoms with Crippen LogP contribution in [0.25, 0.3) is 0 Å². The molecule has 0 N–H and O–H groups in total. The van der Waals surface area contributed by atoms with Crippen LogP contribution in [0.2, 0.25) is 0 Å². The van der Waals surface area contributed by atoms with E-state index in [1.807, 2.05) is 0 Å².